The number of aliphatic hydroxyl groups excluding tert-OH is 2. The molecule has 38 heteroatoms. The van der Waals surface area contributed by atoms with E-state index in [4.69, 9.17) is 45.2 Å². The third kappa shape index (κ3) is 35.7. The van der Waals surface area contributed by atoms with E-state index in [1.165, 1.54) is 31.2 Å². The lowest BCUT2D eigenvalue weighted by Gasteiger charge is -2.29. The Kier molecular flexibility index (Phi) is 40.0. The number of phenolic OH excluding ortho intramolecular Hbond substituents is 1. The molecule has 0 bridgehead atoms. The van der Waals surface area contributed by atoms with Crippen molar-refractivity contribution in [3.63, 3.8) is 0 Å². The van der Waals surface area contributed by atoms with E-state index >= 15 is 0 Å². The topological polar surface area (TPSA) is 668 Å². The maximum absolute atomic E-state index is 14.8. The summed E-state index contributed by atoms with van der Waals surface area (Å²) in [6, 6.07) is -10.8. The molecule has 0 spiro atoms. The van der Waals surface area contributed by atoms with E-state index in [-0.39, 0.29) is 88.6 Å². The summed E-state index contributed by atoms with van der Waals surface area (Å²) < 4.78 is 0. The first-order valence-corrected chi connectivity index (χ1v) is 32.4. The van der Waals surface area contributed by atoms with Crippen molar-refractivity contribution >= 4 is 94.7 Å². The number of amides is 13. The van der Waals surface area contributed by atoms with Gasteiger partial charge in [-0.25, -0.2) is 0 Å². The molecule has 0 fully saturated rings. The number of rotatable bonds is 49. The number of carbonyl (C=O) groups excluding carboxylic acids is 13. The Bertz CT molecular complexity index is 2920. The lowest BCUT2D eigenvalue weighted by atomic mass is 9.99. The standard InChI is InChI=1S/C61H104N20O18/c1-30(2)25-41(49(65)89)77-56(96)42(26-31(3)4)79-53(93)36(11-7-8-22-62)72-51(91)37(12-9-23-70-60(66)67)73-57(97)43(27-34-14-16-35(84)17-15-34)80-55(95)40(19-21-46(64)86)75-54(94)39(18-20-45(63)85)74-52(92)38(13-10-24-71-61(68)69)76-59(99)48(33(6)83)81-58(98)44(28-47(87)88)78-50(90)32(5)29-82/h14-17,30-33,36-44,48,82-84H,7-13,18-29,62H2,1-6H3,(H2,63,85)(H2,64,86)(H2,65,89)(H,72,91)(H,73,97)(H,74,92)(H,75,94)(H,76,99)(H,77,96)(H,78,90)(H,79,93)(H,80,95)(H,81,98)(H,87,88)(H4,66,67,70)(H4,68,69,71)/t32-,33+,36?,37-,38-,39-,40-,41?,42-,43-,44-,48-/m0/s1. The van der Waals surface area contributed by atoms with E-state index in [9.17, 15) is 87.5 Å². The van der Waals surface area contributed by atoms with Crippen molar-refractivity contribution in [2.45, 2.75) is 204 Å². The average Bonchev–Trinajstić information content (AvgIpc) is 0.866. The van der Waals surface area contributed by atoms with Gasteiger partial charge in [0.1, 0.15) is 66.2 Å². The zero-order valence-electron chi connectivity index (χ0n) is 56.8. The van der Waals surface area contributed by atoms with E-state index < -0.39 is 212 Å². The molecule has 13 amide bonds. The SMILES string of the molecule is CC(C)CC(NC(=O)[C@H](CC(C)C)NC(=O)C(CCCCN)NC(=O)[C@H](CCCNC(=N)N)NC(=O)[C@H](Cc1ccc(O)cc1)NC(=O)[C@H](CCC(N)=O)NC(=O)[C@H](CCC(N)=O)NC(=O)[C@H](CCCNC(=N)N)NC(=O)[C@@H](NC(=O)[C@H](CC(=O)O)NC(=O)[C@@H](C)CO)[C@@H](C)O)C(N)=O. The number of carboxylic acid groups (broad SMARTS) is 1. The first kappa shape index (κ1) is 87.0. The molecule has 0 aliphatic rings. The minimum absolute atomic E-state index is 0.00847. The number of primary amides is 3. The summed E-state index contributed by atoms with van der Waals surface area (Å²) in [6.07, 6.45) is -5.28. The van der Waals surface area contributed by atoms with Crippen LogP contribution in [0.25, 0.3) is 0 Å². The molecule has 0 radical (unpaired) electrons. The van der Waals surface area contributed by atoms with Gasteiger partial charge in [0, 0.05) is 32.4 Å². The second-order valence-electron chi connectivity index (χ2n) is 24.8. The highest BCUT2D eigenvalue weighted by Gasteiger charge is 2.38. The number of guanidine groups is 2. The summed E-state index contributed by atoms with van der Waals surface area (Å²) in [5.74, 6) is -17.4. The van der Waals surface area contributed by atoms with Gasteiger partial charge in [-0.2, -0.15) is 0 Å². The van der Waals surface area contributed by atoms with Crippen molar-refractivity contribution in [2.75, 3.05) is 26.2 Å². The second-order valence-corrected chi connectivity index (χ2v) is 24.8. The molecule has 0 saturated heterocycles. The first-order valence-electron chi connectivity index (χ1n) is 32.4. The molecule has 1 aromatic rings. The molecule has 0 aromatic heterocycles. The molecule has 0 saturated carbocycles. The zero-order chi connectivity index (χ0) is 75.2. The van der Waals surface area contributed by atoms with Crippen LogP contribution in [0.5, 0.6) is 5.75 Å². The van der Waals surface area contributed by atoms with Crippen LogP contribution in [-0.2, 0) is 73.5 Å². The number of unbranched alkanes of at least 4 members (excludes halogenated alkanes) is 1. The Morgan fingerprint density at radius 3 is 1.18 bits per heavy atom. The van der Waals surface area contributed by atoms with Crippen LogP contribution in [-0.4, -0.2) is 208 Å². The van der Waals surface area contributed by atoms with Crippen LogP contribution in [0.4, 0.5) is 0 Å². The average molecular weight is 1410 g/mol. The number of hydrogen-bond acceptors (Lipinski definition) is 20. The fraction of sp³-hybridized carbons (Fsp3) is 0.639. The third-order valence-corrected chi connectivity index (χ3v) is 15.0. The number of hydrogen-bond donors (Lipinski definition) is 24. The second kappa shape index (κ2) is 45.5. The van der Waals surface area contributed by atoms with Crippen LogP contribution in [0.2, 0.25) is 0 Å². The van der Waals surface area contributed by atoms with Crippen LogP contribution in [0.15, 0.2) is 24.3 Å². The summed E-state index contributed by atoms with van der Waals surface area (Å²) in [4.78, 5) is 190. The molecule has 0 aliphatic heterocycles. The van der Waals surface area contributed by atoms with E-state index in [1.54, 1.807) is 13.8 Å². The van der Waals surface area contributed by atoms with Crippen LogP contribution in [0, 0.1) is 28.6 Å². The van der Waals surface area contributed by atoms with Crippen LogP contribution in [0.1, 0.15) is 137 Å². The Morgan fingerprint density at radius 1 is 0.444 bits per heavy atom. The molecule has 30 N–H and O–H groups in total. The van der Waals surface area contributed by atoms with Crippen molar-refractivity contribution in [3.8, 4) is 5.75 Å². The smallest absolute Gasteiger partial charge is 0.305 e. The molecule has 99 heavy (non-hydrogen) atoms. The molecule has 1 rings (SSSR count). The Balaban J connectivity index is 3.93. The summed E-state index contributed by atoms with van der Waals surface area (Å²) in [7, 11) is 0. The molecule has 0 aliphatic carbocycles. The van der Waals surface area contributed by atoms with Crippen molar-refractivity contribution in [2.24, 2.45) is 52.2 Å². The molecular formula is C61H104N20O18. The Hall–Kier alpha value is -9.98. The zero-order valence-corrected chi connectivity index (χ0v) is 56.8. The molecule has 38 nitrogen and oxygen atoms in total. The summed E-state index contributed by atoms with van der Waals surface area (Å²) in [5, 5.41) is 84.5. The van der Waals surface area contributed by atoms with Gasteiger partial charge >= 0.3 is 5.97 Å². The van der Waals surface area contributed by atoms with Gasteiger partial charge in [-0.05, 0) is 114 Å². The number of aromatic hydroxyl groups is 1. The van der Waals surface area contributed by atoms with Crippen LogP contribution in [0.3, 0.4) is 0 Å². The Morgan fingerprint density at radius 2 is 0.798 bits per heavy atom. The van der Waals surface area contributed by atoms with E-state index in [0.29, 0.717) is 12.0 Å². The van der Waals surface area contributed by atoms with E-state index in [0.717, 1.165) is 6.92 Å². The molecular weight excluding hydrogens is 1300 g/mol. The highest BCUT2D eigenvalue weighted by molar-refractivity contribution is 6.00. The van der Waals surface area contributed by atoms with Gasteiger partial charge < -0.3 is 119 Å². The third-order valence-electron chi connectivity index (χ3n) is 15.0. The van der Waals surface area contributed by atoms with Crippen molar-refractivity contribution in [1.29, 1.82) is 10.8 Å². The molecule has 2 unspecified atom stereocenters. The van der Waals surface area contributed by atoms with Gasteiger partial charge in [0.2, 0.25) is 76.8 Å². The predicted octanol–water partition coefficient (Wildman–Crippen LogP) is -6.97. The number of carbonyl (C=O) groups is 14. The normalized spacial score (nSPS) is 14.7. The van der Waals surface area contributed by atoms with Crippen molar-refractivity contribution < 1.29 is 87.5 Å². The fourth-order valence-electron chi connectivity index (χ4n) is 9.57. The maximum Gasteiger partial charge on any atom is 0.305 e. The molecule has 556 valence electrons. The minimum atomic E-state index is -1.97. The quantitative estimate of drug-likeness (QED) is 0.0164. The highest BCUT2D eigenvalue weighted by atomic mass is 16.4. The van der Waals surface area contributed by atoms with Crippen molar-refractivity contribution in [1.82, 2.24) is 63.8 Å². The predicted molar refractivity (Wildman–Crippen MR) is 357 cm³/mol. The van der Waals surface area contributed by atoms with Gasteiger partial charge in [-0.15, -0.1) is 0 Å². The largest absolute Gasteiger partial charge is 0.508 e. The number of carboxylic acids is 1. The van der Waals surface area contributed by atoms with Crippen LogP contribution < -0.4 is 98.2 Å². The van der Waals surface area contributed by atoms with E-state index in [2.05, 4.69) is 63.8 Å². The van der Waals surface area contributed by atoms with Gasteiger partial charge in [0.15, 0.2) is 11.9 Å². The Labute approximate surface area is 573 Å². The minimum Gasteiger partial charge on any atom is -0.508 e. The molecule has 12 atom stereocenters. The van der Waals surface area contributed by atoms with Gasteiger partial charge in [0.05, 0.1) is 25.0 Å². The number of phenols is 1. The summed E-state index contributed by atoms with van der Waals surface area (Å²) >= 11 is 0. The molecule has 1 aromatic carbocycles. The summed E-state index contributed by atoms with van der Waals surface area (Å²) in [6.45, 7) is 8.95. The van der Waals surface area contributed by atoms with Crippen molar-refractivity contribution in [3.05, 3.63) is 29.8 Å². The van der Waals surface area contributed by atoms with Crippen LogP contribution >= 0.6 is 0 Å². The number of nitrogens with two attached hydrogens (primary N) is 6. The number of aliphatic hydroxyl groups is 2. The van der Waals surface area contributed by atoms with Gasteiger partial charge in [-0.1, -0.05) is 46.8 Å². The lowest BCUT2D eigenvalue weighted by molar-refractivity contribution is -0.142. The first-order chi connectivity index (χ1) is 46.4. The van der Waals surface area contributed by atoms with Gasteiger partial charge in [-0.3, -0.25) is 77.9 Å². The molecule has 0 heterocycles. The van der Waals surface area contributed by atoms with E-state index in [1.807, 2.05) is 13.8 Å². The number of nitrogens with one attached hydrogen (secondary N) is 14. The maximum atomic E-state index is 14.8. The fourth-order valence-corrected chi connectivity index (χ4v) is 9.57. The monoisotopic (exact) mass is 1400 g/mol. The number of aliphatic carboxylic acids is 1. The highest BCUT2D eigenvalue weighted by Crippen LogP contribution is 2.16. The van der Waals surface area contributed by atoms with Gasteiger partial charge in [0.25, 0.3) is 0 Å². The number of benzene rings is 1. The summed E-state index contributed by atoms with van der Waals surface area (Å²) in [5.41, 5.74) is 33.6. The lowest BCUT2D eigenvalue weighted by Crippen LogP contribution is -2.62.